The third-order valence-electron chi connectivity index (χ3n) is 3.93. The summed E-state index contributed by atoms with van der Waals surface area (Å²) in [5.74, 6) is -0.00574. The van der Waals surface area contributed by atoms with Gasteiger partial charge in [-0.15, -0.1) is 0 Å². The molecule has 0 heterocycles. The van der Waals surface area contributed by atoms with Crippen molar-refractivity contribution in [1.82, 2.24) is 5.32 Å². The lowest BCUT2D eigenvalue weighted by Gasteiger charge is -2.34. The maximum absolute atomic E-state index is 12.3. The Labute approximate surface area is 104 Å². The van der Waals surface area contributed by atoms with Crippen molar-refractivity contribution in [2.45, 2.75) is 76.3 Å². The number of carbonyl (C=O) groups excluding carboxylic acids is 1. The van der Waals surface area contributed by atoms with Gasteiger partial charge in [0, 0.05) is 6.04 Å². The quantitative estimate of drug-likeness (QED) is 0.767. The number of esters is 1. The Morgan fingerprint density at radius 2 is 1.76 bits per heavy atom. The number of carbonyl (C=O) groups is 1. The van der Waals surface area contributed by atoms with E-state index in [4.69, 9.17) is 4.74 Å². The van der Waals surface area contributed by atoms with Crippen molar-refractivity contribution >= 4 is 5.97 Å². The van der Waals surface area contributed by atoms with E-state index >= 15 is 0 Å². The van der Waals surface area contributed by atoms with Crippen molar-refractivity contribution in [1.29, 1.82) is 0 Å². The van der Waals surface area contributed by atoms with Crippen molar-refractivity contribution in [2.75, 3.05) is 6.61 Å². The molecule has 0 aromatic heterocycles. The number of ether oxygens (including phenoxy) is 1. The standard InChI is InChI=1S/C14H25NO2/c1-2-17-13(16)14(15-12-8-9-12)10-6-4-3-5-7-11-14/h12,15H,2-11H2,1H3. The molecule has 0 aliphatic heterocycles. The van der Waals surface area contributed by atoms with E-state index in [0.717, 1.165) is 25.7 Å². The van der Waals surface area contributed by atoms with Gasteiger partial charge in [0.05, 0.1) is 6.61 Å². The van der Waals surface area contributed by atoms with Crippen LogP contribution in [0.2, 0.25) is 0 Å². The topological polar surface area (TPSA) is 38.3 Å². The van der Waals surface area contributed by atoms with E-state index in [2.05, 4.69) is 5.32 Å². The third-order valence-corrected chi connectivity index (χ3v) is 3.93. The van der Waals surface area contributed by atoms with Gasteiger partial charge in [0.1, 0.15) is 5.54 Å². The van der Waals surface area contributed by atoms with Crippen molar-refractivity contribution in [3.05, 3.63) is 0 Å². The van der Waals surface area contributed by atoms with Crippen molar-refractivity contribution in [2.24, 2.45) is 0 Å². The Bertz CT molecular complexity index is 253. The summed E-state index contributed by atoms with van der Waals surface area (Å²) in [6, 6.07) is 0.568. The Balaban J connectivity index is 2.04. The molecule has 2 fully saturated rings. The van der Waals surface area contributed by atoms with E-state index in [0.29, 0.717) is 12.6 Å². The largest absolute Gasteiger partial charge is 0.465 e. The molecule has 0 spiro atoms. The summed E-state index contributed by atoms with van der Waals surface area (Å²) in [4.78, 5) is 12.3. The van der Waals surface area contributed by atoms with Crippen LogP contribution in [-0.2, 0) is 9.53 Å². The van der Waals surface area contributed by atoms with Crippen LogP contribution in [0.3, 0.4) is 0 Å². The Hall–Kier alpha value is -0.570. The molecular weight excluding hydrogens is 214 g/mol. The summed E-state index contributed by atoms with van der Waals surface area (Å²) in [6.07, 6.45) is 10.5. The first kappa shape index (κ1) is 12.9. The zero-order valence-corrected chi connectivity index (χ0v) is 11.0. The minimum absolute atomic E-state index is 0.00574. The molecule has 0 radical (unpaired) electrons. The predicted molar refractivity (Wildman–Crippen MR) is 67.8 cm³/mol. The highest BCUT2D eigenvalue weighted by atomic mass is 16.5. The monoisotopic (exact) mass is 239 g/mol. The van der Waals surface area contributed by atoms with Gasteiger partial charge in [0.2, 0.25) is 0 Å². The first-order valence-electron chi connectivity index (χ1n) is 7.22. The number of hydrogen-bond acceptors (Lipinski definition) is 3. The number of hydrogen-bond donors (Lipinski definition) is 1. The lowest BCUT2D eigenvalue weighted by Crippen LogP contribution is -2.54. The van der Waals surface area contributed by atoms with Gasteiger partial charge in [-0.05, 0) is 32.6 Å². The second kappa shape index (κ2) is 5.85. The van der Waals surface area contributed by atoms with Crippen LogP contribution in [0, 0.1) is 0 Å². The van der Waals surface area contributed by atoms with Crippen LogP contribution in [0.4, 0.5) is 0 Å². The normalized spacial score (nSPS) is 24.8. The maximum atomic E-state index is 12.3. The predicted octanol–water partition coefficient (Wildman–Crippen LogP) is 2.78. The molecule has 1 N–H and O–H groups in total. The molecular formula is C14H25NO2. The van der Waals surface area contributed by atoms with Gasteiger partial charge in [0.25, 0.3) is 0 Å². The lowest BCUT2D eigenvalue weighted by atomic mass is 9.83. The Morgan fingerprint density at radius 1 is 1.18 bits per heavy atom. The second-order valence-electron chi connectivity index (χ2n) is 5.49. The number of rotatable bonds is 4. The van der Waals surface area contributed by atoms with Crippen LogP contribution in [0.5, 0.6) is 0 Å². The Kier molecular flexibility index (Phi) is 4.43. The molecule has 2 aliphatic rings. The van der Waals surface area contributed by atoms with Crippen molar-refractivity contribution < 1.29 is 9.53 Å². The minimum Gasteiger partial charge on any atom is -0.465 e. The molecule has 3 heteroatoms. The molecule has 0 atom stereocenters. The van der Waals surface area contributed by atoms with Gasteiger partial charge in [-0.3, -0.25) is 10.1 Å². The van der Waals surface area contributed by atoms with Crippen molar-refractivity contribution in [3.63, 3.8) is 0 Å². The smallest absolute Gasteiger partial charge is 0.326 e. The zero-order valence-electron chi connectivity index (χ0n) is 11.0. The van der Waals surface area contributed by atoms with E-state index in [1.165, 1.54) is 32.1 Å². The molecule has 17 heavy (non-hydrogen) atoms. The molecule has 2 saturated carbocycles. The highest BCUT2D eigenvalue weighted by molar-refractivity contribution is 5.81. The van der Waals surface area contributed by atoms with Gasteiger partial charge < -0.3 is 4.74 Å². The van der Waals surface area contributed by atoms with Gasteiger partial charge in [-0.2, -0.15) is 0 Å². The summed E-state index contributed by atoms with van der Waals surface area (Å²) in [6.45, 7) is 2.39. The van der Waals surface area contributed by atoms with E-state index in [9.17, 15) is 4.79 Å². The molecule has 0 aromatic carbocycles. The Morgan fingerprint density at radius 3 is 2.29 bits per heavy atom. The summed E-state index contributed by atoms with van der Waals surface area (Å²) >= 11 is 0. The van der Waals surface area contributed by atoms with Gasteiger partial charge in [0.15, 0.2) is 0 Å². The average molecular weight is 239 g/mol. The molecule has 2 rings (SSSR count). The molecule has 0 unspecified atom stereocenters. The molecule has 0 bridgehead atoms. The van der Waals surface area contributed by atoms with Crippen LogP contribution in [0.1, 0.15) is 64.7 Å². The molecule has 98 valence electrons. The van der Waals surface area contributed by atoms with E-state index in [1.807, 2.05) is 6.92 Å². The molecule has 2 aliphatic carbocycles. The fourth-order valence-corrected chi connectivity index (χ4v) is 2.80. The fraction of sp³-hybridized carbons (Fsp3) is 0.929. The molecule has 3 nitrogen and oxygen atoms in total. The van der Waals surface area contributed by atoms with E-state index in [1.54, 1.807) is 0 Å². The number of nitrogens with one attached hydrogen (secondary N) is 1. The van der Waals surface area contributed by atoms with Crippen LogP contribution < -0.4 is 5.32 Å². The van der Waals surface area contributed by atoms with E-state index in [-0.39, 0.29) is 11.5 Å². The molecule has 0 aromatic rings. The van der Waals surface area contributed by atoms with Crippen LogP contribution in [0.15, 0.2) is 0 Å². The zero-order chi connectivity index (χ0) is 12.1. The van der Waals surface area contributed by atoms with Crippen LogP contribution in [0.25, 0.3) is 0 Å². The average Bonchev–Trinajstić information content (AvgIpc) is 3.06. The SMILES string of the molecule is CCOC(=O)C1(NC2CC2)CCCCCCC1. The summed E-state index contributed by atoms with van der Waals surface area (Å²) in [5, 5.41) is 3.58. The summed E-state index contributed by atoms with van der Waals surface area (Å²) in [5.41, 5.74) is -0.363. The van der Waals surface area contributed by atoms with Crippen LogP contribution >= 0.6 is 0 Å². The summed E-state index contributed by atoms with van der Waals surface area (Å²) < 4.78 is 5.31. The van der Waals surface area contributed by atoms with Gasteiger partial charge in [-0.1, -0.05) is 32.1 Å². The van der Waals surface area contributed by atoms with Crippen LogP contribution in [-0.4, -0.2) is 24.2 Å². The fourth-order valence-electron chi connectivity index (χ4n) is 2.80. The summed E-state index contributed by atoms with van der Waals surface area (Å²) in [7, 11) is 0. The second-order valence-corrected chi connectivity index (χ2v) is 5.49. The lowest BCUT2D eigenvalue weighted by molar-refractivity contribution is -0.152. The first-order chi connectivity index (χ1) is 8.27. The first-order valence-corrected chi connectivity index (χ1v) is 7.22. The van der Waals surface area contributed by atoms with Crippen molar-refractivity contribution in [3.8, 4) is 0 Å². The van der Waals surface area contributed by atoms with Gasteiger partial charge >= 0.3 is 5.97 Å². The molecule has 0 amide bonds. The van der Waals surface area contributed by atoms with E-state index < -0.39 is 0 Å². The minimum atomic E-state index is -0.363. The molecule has 0 saturated heterocycles. The maximum Gasteiger partial charge on any atom is 0.326 e. The third kappa shape index (κ3) is 3.44. The van der Waals surface area contributed by atoms with Gasteiger partial charge in [-0.25, -0.2) is 0 Å². The highest BCUT2D eigenvalue weighted by Gasteiger charge is 2.43. The highest BCUT2D eigenvalue weighted by Crippen LogP contribution is 2.32.